The average Bonchev–Trinajstić information content (AvgIpc) is 2.63. The summed E-state index contributed by atoms with van der Waals surface area (Å²) in [7, 11) is -3.61. The first-order valence-electron chi connectivity index (χ1n) is 7.87. The summed E-state index contributed by atoms with van der Waals surface area (Å²) in [4.78, 5) is 7.62. The van der Waals surface area contributed by atoms with Crippen LogP contribution in [0.2, 0.25) is 0 Å². The van der Waals surface area contributed by atoms with Crippen molar-refractivity contribution < 1.29 is 26.3 Å². The molecular formula is C16H16F3N3O3S. The molecule has 0 N–H and O–H groups in total. The molecule has 0 radical (unpaired) electrons. The van der Waals surface area contributed by atoms with Gasteiger partial charge >= 0.3 is 6.18 Å². The topological polar surface area (TPSA) is 72.4 Å². The monoisotopic (exact) mass is 387 g/mol. The fourth-order valence-corrected chi connectivity index (χ4v) is 4.06. The summed E-state index contributed by atoms with van der Waals surface area (Å²) in [6, 6.07) is 5.11. The lowest BCUT2D eigenvalue weighted by Gasteiger charge is -2.31. The lowest BCUT2D eigenvalue weighted by atomic mass is 10.1. The molecule has 0 unspecified atom stereocenters. The van der Waals surface area contributed by atoms with Crippen LogP contribution >= 0.6 is 0 Å². The predicted molar refractivity (Wildman–Crippen MR) is 85.9 cm³/mol. The summed E-state index contributed by atoms with van der Waals surface area (Å²) in [6.07, 6.45) is -0.404. The van der Waals surface area contributed by atoms with Gasteiger partial charge in [-0.15, -0.1) is 0 Å². The van der Waals surface area contributed by atoms with E-state index in [4.69, 9.17) is 4.74 Å². The Kier molecular flexibility index (Phi) is 5.15. The van der Waals surface area contributed by atoms with Gasteiger partial charge in [0.05, 0.1) is 5.56 Å². The molecule has 10 heteroatoms. The van der Waals surface area contributed by atoms with Gasteiger partial charge in [0.25, 0.3) is 0 Å². The molecule has 0 saturated carbocycles. The second-order valence-electron chi connectivity index (χ2n) is 5.79. The molecule has 0 amide bonds. The normalized spacial score (nSPS) is 17.2. The fourth-order valence-electron chi connectivity index (χ4n) is 2.63. The minimum atomic E-state index is -4.45. The molecule has 0 aromatic carbocycles. The van der Waals surface area contributed by atoms with Gasteiger partial charge in [-0.25, -0.2) is 13.4 Å². The second kappa shape index (κ2) is 7.20. The number of nitrogens with zero attached hydrogens (tertiary/aromatic N) is 3. The molecule has 0 bridgehead atoms. The van der Waals surface area contributed by atoms with Crippen molar-refractivity contribution in [3.63, 3.8) is 0 Å². The van der Waals surface area contributed by atoms with E-state index in [0.29, 0.717) is 12.8 Å². The molecule has 0 spiro atoms. The molecule has 0 aliphatic carbocycles. The Morgan fingerprint density at radius 2 is 1.85 bits per heavy atom. The quantitative estimate of drug-likeness (QED) is 0.807. The molecule has 0 atom stereocenters. The van der Waals surface area contributed by atoms with Crippen molar-refractivity contribution in [3.8, 4) is 5.88 Å². The van der Waals surface area contributed by atoms with Gasteiger partial charge in [0.1, 0.15) is 11.0 Å². The number of aromatic nitrogens is 2. The molecule has 140 valence electrons. The van der Waals surface area contributed by atoms with E-state index in [1.54, 1.807) is 6.07 Å². The molecular weight excluding hydrogens is 371 g/mol. The Balaban J connectivity index is 1.59. The van der Waals surface area contributed by atoms with Gasteiger partial charge in [-0.3, -0.25) is 4.98 Å². The largest absolute Gasteiger partial charge is 0.474 e. The standard InChI is InChI=1S/C16H16F3N3O3S/c17-16(18,19)12-3-4-15(21-10-12)25-13-5-8-22(9-6-13)26(23,24)14-2-1-7-20-11-14/h1-4,7,10-11,13H,5-6,8-9H2. The number of alkyl halides is 3. The number of rotatable bonds is 4. The van der Waals surface area contributed by atoms with Crippen molar-refractivity contribution in [1.29, 1.82) is 0 Å². The first kappa shape index (κ1) is 18.6. The number of pyridine rings is 2. The van der Waals surface area contributed by atoms with Crippen molar-refractivity contribution in [3.05, 3.63) is 48.4 Å². The third-order valence-electron chi connectivity index (χ3n) is 4.02. The molecule has 6 nitrogen and oxygen atoms in total. The zero-order valence-electron chi connectivity index (χ0n) is 13.6. The molecule has 26 heavy (non-hydrogen) atoms. The summed E-state index contributed by atoms with van der Waals surface area (Å²) in [5.74, 6) is 0.0894. The molecule has 2 aromatic heterocycles. The molecule has 1 aliphatic rings. The van der Waals surface area contributed by atoms with Gasteiger partial charge in [0.2, 0.25) is 15.9 Å². The van der Waals surface area contributed by atoms with Gasteiger partial charge in [0.15, 0.2) is 0 Å². The average molecular weight is 387 g/mol. The molecule has 1 saturated heterocycles. The SMILES string of the molecule is O=S(=O)(c1cccnc1)N1CCC(Oc2ccc(C(F)(F)F)cn2)CC1. The van der Waals surface area contributed by atoms with Crippen LogP contribution in [0.25, 0.3) is 0 Å². The van der Waals surface area contributed by atoms with Crippen LogP contribution in [0.1, 0.15) is 18.4 Å². The van der Waals surface area contributed by atoms with Crippen LogP contribution in [0, 0.1) is 0 Å². The predicted octanol–water partition coefficient (Wildman–Crippen LogP) is 2.73. The molecule has 3 heterocycles. The Labute approximate surface area is 148 Å². The summed E-state index contributed by atoms with van der Waals surface area (Å²) in [5, 5.41) is 0. The first-order chi connectivity index (χ1) is 12.3. The maximum absolute atomic E-state index is 12.5. The highest BCUT2D eigenvalue weighted by Crippen LogP contribution is 2.29. The van der Waals surface area contributed by atoms with Crippen LogP contribution < -0.4 is 4.74 Å². The molecule has 1 aliphatic heterocycles. The number of ether oxygens (including phenoxy) is 1. The van der Waals surface area contributed by atoms with Crippen molar-refractivity contribution in [2.75, 3.05) is 13.1 Å². The summed E-state index contributed by atoms with van der Waals surface area (Å²) in [6.45, 7) is 0.505. The van der Waals surface area contributed by atoms with Crippen LogP contribution in [-0.4, -0.2) is 41.9 Å². The van der Waals surface area contributed by atoms with E-state index in [2.05, 4.69) is 9.97 Å². The zero-order valence-corrected chi connectivity index (χ0v) is 14.4. The van der Waals surface area contributed by atoms with Crippen molar-refractivity contribution in [1.82, 2.24) is 14.3 Å². The highest BCUT2D eigenvalue weighted by molar-refractivity contribution is 7.89. The molecule has 1 fully saturated rings. The lowest BCUT2D eigenvalue weighted by Crippen LogP contribution is -2.41. The molecule has 3 rings (SSSR count). The fraction of sp³-hybridized carbons (Fsp3) is 0.375. The summed E-state index contributed by atoms with van der Waals surface area (Å²) < 4.78 is 69.5. The van der Waals surface area contributed by atoms with Gasteiger partial charge in [-0.1, -0.05) is 0 Å². The lowest BCUT2D eigenvalue weighted by molar-refractivity contribution is -0.137. The maximum atomic E-state index is 12.5. The van der Waals surface area contributed by atoms with Crippen LogP contribution in [0.5, 0.6) is 5.88 Å². The Hall–Kier alpha value is -2.20. The zero-order chi connectivity index (χ0) is 18.8. The summed E-state index contributed by atoms with van der Waals surface area (Å²) >= 11 is 0. The first-order valence-corrected chi connectivity index (χ1v) is 9.31. The number of piperidine rings is 1. The smallest absolute Gasteiger partial charge is 0.417 e. The van der Waals surface area contributed by atoms with Gasteiger partial charge in [0, 0.05) is 37.7 Å². The third-order valence-corrected chi connectivity index (χ3v) is 5.91. The number of hydrogen-bond acceptors (Lipinski definition) is 5. The van der Waals surface area contributed by atoms with Crippen LogP contribution in [0.15, 0.2) is 47.8 Å². The van der Waals surface area contributed by atoms with Gasteiger partial charge < -0.3 is 4.74 Å². The van der Waals surface area contributed by atoms with Crippen molar-refractivity contribution in [2.45, 2.75) is 30.0 Å². The number of sulfonamides is 1. The Morgan fingerprint density at radius 3 is 2.38 bits per heavy atom. The minimum absolute atomic E-state index is 0.0894. The van der Waals surface area contributed by atoms with E-state index in [0.717, 1.165) is 12.3 Å². The van der Waals surface area contributed by atoms with Crippen LogP contribution in [-0.2, 0) is 16.2 Å². The Morgan fingerprint density at radius 1 is 1.12 bits per heavy atom. The highest BCUT2D eigenvalue weighted by atomic mass is 32.2. The summed E-state index contributed by atoms with van der Waals surface area (Å²) in [5.41, 5.74) is -0.845. The maximum Gasteiger partial charge on any atom is 0.417 e. The van der Waals surface area contributed by atoms with E-state index in [-0.39, 0.29) is 30.0 Å². The number of hydrogen-bond donors (Lipinski definition) is 0. The Bertz CT molecular complexity index is 835. The van der Waals surface area contributed by atoms with E-state index < -0.39 is 21.8 Å². The van der Waals surface area contributed by atoms with E-state index in [9.17, 15) is 21.6 Å². The van der Waals surface area contributed by atoms with Gasteiger partial charge in [-0.2, -0.15) is 17.5 Å². The van der Waals surface area contributed by atoms with E-state index in [1.807, 2.05) is 0 Å². The van der Waals surface area contributed by atoms with E-state index >= 15 is 0 Å². The molecule has 2 aromatic rings. The second-order valence-corrected chi connectivity index (χ2v) is 7.73. The van der Waals surface area contributed by atoms with Crippen molar-refractivity contribution in [2.24, 2.45) is 0 Å². The van der Waals surface area contributed by atoms with Crippen molar-refractivity contribution >= 4 is 10.0 Å². The third kappa shape index (κ3) is 4.13. The highest BCUT2D eigenvalue weighted by Gasteiger charge is 2.32. The minimum Gasteiger partial charge on any atom is -0.474 e. The van der Waals surface area contributed by atoms with Gasteiger partial charge in [-0.05, 0) is 31.0 Å². The van der Waals surface area contributed by atoms with E-state index in [1.165, 1.54) is 28.8 Å². The van der Waals surface area contributed by atoms with Crippen LogP contribution in [0.4, 0.5) is 13.2 Å². The number of halogens is 3. The van der Waals surface area contributed by atoms with Crippen LogP contribution in [0.3, 0.4) is 0 Å².